The summed E-state index contributed by atoms with van der Waals surface area (Å²) >= 11 is 6.10. The Labute approximate surface area is 176 Å². The van der Waals surface area contributed by atoms with Gasteiger partial charge in [-0.1, -0.05) is 54.1 Å². The lowest BCUT2D eigenvalue weighted by Gasteiger charge is -2.36. The molecular formula is C21H25Cl2N3O2. The van der Waals surface area contributed by atoms with E-state index in [0.717, 1.165) is 17.7 Å². The van der Waals surface area contributed by atoms with Crippen LogP contribution >= 0.6 is 24.0 Å². The van der Waals surface area contributed by atoms with Crippen LogP contribution in [0.3, 0.4) is 0 Å². The molecule has 0 aliphatic carbocycles. The van der Waals surface area contributed by atoms with E-state index < -0.39 is 0 Å². The number of benzene rings is 2. The Morgan fingerprint density at radius 2 is 1.93 bits per heavy atom. The third kappa shape index (κ3) is 6.23. The first-order valence-electron chi connectivity index (χ1n) is 9.20. The topological polar surface area (TPSA) is 61.4 Å². The van der Waals surface area contributed by atoms with Crippen molar-refractivity contribution in [3.05, 3.63) is 70.7 Å². The highest BCUT2D eigenvalue weighted by Crippen LogP contribution is 2.25. The molecule has 0 radical (unpaired) electrons. The van der Waals surface area contributed by atoms with Gasteiger partial charge in [0, 0.05) is 37.6 Å². The smallest absolute Gasteiger partial charge is 0.224 e. The molecule has 1 unspecified atom stereocenters. The zero-order chi connectivity index (χ0) is 19.1. The lowest BCUT2D eigenvalue weighted by Crippen LogP contribution is -2.49. The van der Waals surface area contributed by atoms with E-state index >= 15 is 0 Å². The van der Waals surface area contributed by atoms with E-state index in [2.05, 4.69) is 10.6 Å². The Balaban J connectivity index is 0.00000280. The number of halogens is 2. The van der Waals surface area contributed by atoms with Crippen LogP contribution in [0.5, 0.6) is 0 Å². The van der Waals surface area contributed by atoms with E-state index in [1.165, 1.54) is 0 Å². The number of nitrogens with one attached hydrogen (secondary N) is 2. The molecule has 1 fully saturated rings. The number of rotatable bonds is 6. The quantitative estimate of drug-likeness (QED) is 0.753. The van der Waals surface area contributed by atoms with Gasteiger partial charge < -0.3 is 15.5 Å². The fourth-order valence-corrected chi connectivity index (χ4v) is 3.51. The van der Waals surface area contributed by atoms with Crippen molar-refractivity contribution in [2.45, 2.75) is 18.9 Å². The number of amides is 2. The molecule has 0 saturated carbocycles. The van der Waals surface area contributed by atoms with Crippen molar-refractivity contribution in [1.82, 2.24) is 15.5 Å². The zero-order valence-electron chi connectivity index (χ0n) is 15.6. The largest absolute Gasteiger partial charge is 0.355 e. The molecule has 1 aliphatic heterocycles. The molecule has 3 rings (SSSR count). The second-order valence-corrected chi connectivity index (χ2v) is 7.06. The van der Waals surface area contributed by atoms with Crippen LogP contribution in [0.2, 0.25) is 5.02 Å². The normalized spacial score (nSPS) is 16.2. The standard InChI is InChI=1S/C21H24ClN3O2.ClH/c22-18-8-4-7-17(14-18)19-15-23-11-12-25(19)21(27)9-10-24-20(26)13-16-5-2-1-3-6-16;/h1-8,14,19,23H,9-13,15H2,(H,24,26);1H. The fourth-order valence-electron chi connectivity index (χ4n) is 3.31. The van der Waals surface area contributed by atoms with Crippen molar-refractivity contribution < 1.29 is 9.59 Å². The van der Waals surface area contributed by atoms with Gasteiger partial charge in [-0.2, -0.15) is 0 Å². The van der Waals surface area contributed by atoms with Crippen LogP contribution in [0.4, 0.5) is 0 Å². The lowest BCUT2D eigenvalue weighted by atomic mass is 10.0. The maximum absolute atomic E-state index is 12.7. The maximum atomic E-state index is 12.7. The third-order valence-electron chi connectivity index (χ3n) is 4.67. The van der Waals surface area contributed by atoms with Gasteiger partial charge in [0.15, 0.2) is 0 Å². The monoisotopic (exact) mass is 421 g/mol. The summed E-state index contributed by atoms with van der Waals surface area (Å²) in [5.41, 5.74) is 1.99. The van der Waals surface area contributed by atoms with E-state index in [-0.39, 0.29) is 36.7 Å². The number of hydrogen-bond acceptors (Lipinski definition) is 3. The van der Waals surface area contributed by atoms with E-state index in [0.29, 0.717) is 31.1 Å². The summed E-state index contributed by atoms with van der Waals surface area (Å²) in [6.07, 6.45) is 0.616. The fraction of sp³-hybridized carbons (Fsp3) is 0.333. The highest BCUT2D eigenvalue weighted by molar-refractivity contribution is 6.30. The first-order valence-corrected chi connectivity index (χ1v) is 9.57. The first-order chi connectivity index (χ1) is 13.1. The van der Waals surface area contributed by atoms with Crippen LogP contribution in [0.25, 0.3) is 0 Å². The van der Waals surface area contributed by atoms with Crippen molar-refractivity contribution in [2.24, 2.45) is 0 Å². The van der Waals surface area contributed by atoms with Crippen LogP contribution in [0, 0.1) is 0 Å². The molecule has 1 atom stereocenters. The molecule has 1 heterocycles. The molecule has 7 heteroatoms. The molecule has 5 nitrogen and oxygen atoms in total. The van der Waals surface area contributed by atoms with Gasteiger partial charge in [0.1, 0.15) is 0 Å². The Hall–Kier alpha value is -2.08. The van der Waals surface area contributed by atoms with Crippen molar-refractivity contribution >= 4 is 35.8 Å². The Bertz CT molecular complexity index is 786. The van der Waals surface area contributed by atoms with Crippen molar-refractivity contribution in [3.8, 4) is 0 Å². The van der Waals surface area contributed by atoms with Gasteiger partial charge in [0.05, 0.1) is 12.5 Å². The lowest BCUT2D eigenvalue weighted by molar-refractivity contribution is -0.134. The maximum Gasteiger partial charge on any atom is 0.224 e. The minimum Gasteiger partial charge on any atom is -0.355 e. The summed E-state index contributed by atoms with van der Waals surface area (Å²) in [6.45, 7) is 2.46. The highest BCUT2D eigenvalue weighted by Gasteiger charge is 2.27. The predicted molar refractivity (Wildman–Crippen MR) is 114 cm³/mol. The third-order valence-corrected chi connectivity index (χ3v) is 4.90. The molecule has 1 aliphatic rings. The number of hydrogen-bond donors (Lipinski definition) is 2. The summed E-state index contributed by atoms with van der Waals surface area (Å²) in [7, 11) is 0. The summed E-state index contributed by atoms with van der Waals surface area (Å²) in [5, 5.41) is 6.84. The summed E-state index contributed by atoms with van der Waals surface area (Å²) in [6, 6.07) is 17.2. The van der Waals surface area contributed by atoms with Crippen LogP contribution in [0.1, 0.15) is 23.6 Å². The molecule has 1 saturated heterocycles. The van der Waals surface area contributed by atoms with E-state index in [1.807, 2.05) is 59.5 Å². The van der Waals surface area contributed by atoms with E-state index in [4.69, 9.17) is 11.6 Å². The van der Waals surface area contributed by atoms with E-state index in [9.17, 15) is 9.59 Å². The number of carbonyl (C=O) groups excluding carboxylic acids is 2. The molecule has 0 aromatic heterocycles. The SMILES string of the molecule is Cl.O=C(Cc1ccccc1)NCCC(=O)N1CCNCC1c1cccc(Cl)c1. The summed E-state index contributed by atoms with van der Waals surface area (Å²) in [4.78, 5) is 26.6. The van der Waals surface area contributed by atoms with Crippen LogP contribution in [0.15, 0.2) is 54.6 Å². The van der Waals surface area contributed by atoms with E-state index in [1.54, 1.807) is 0 Å². The molecule has 0 bridgehead atoms. The van der Waals surface area contributed by atoms with Gasteiger partial charge >= 0.3 is 0 Å². The highest BCUT2D eigenvalue weighted by atomic mass is 35.5. The van der Waals surface area contributed by atoms with Crippen LogP contribution in [-0.2, 0) is 16.0 Å². The average Bonchev–Trinajstić information content (AvgIpc) is 2.68. The van der Waals surface area contributed by atoms with Gasteiger partial charge in [0.25, 0.3) is 0 Å². The summed E-state index contributed by atoms with van der Waals surface area (Å²) < 4.78 is 0. The first kappa shape index (κ1) is 22.2. The van der Waals surface area contributed by atoms with Crippen molar-refractivity contribution in [1.29, 1.82) is 0 Å². The Morgan fingerprint density at radius 1 is 1.14 bits per heavy atom. The molecule has 0 spiro atoms. The number of piperazine rings is 1. The Morgan fingerprint density at radius 3 is 2.68 bits per heavy atom. The van der Waals surface area contributed by atoms with Gasteiger partial charge in [0.2, 0.25) is 11.8 Å². The minimum absolute atomic E-state index is 0. The molecule has 2 aromatic rings. The molecule has 2 aromatic carbocycles. The molecule has 2 N–H and O–H groups in total. The molecule has 28 heavy (non-hydrogen) atoms. The Kier molecular flexibility index (Phi) is 8.77. The van der Waals surface area contributed by atoms with Gasteiger partial charge in [-0.3, -0.25) is 9.59 Å². The molecule has 2 amide bonds. The molecule has 150 valence electrons. The second kappa shape index (κ2) is 11.1. The minimum atomic E-state index is -0.0688. The van der Waals surface area contributed by atoms with Gasteiger partial charge in [-0.25, -0.2) is 0 Å². The number of nitrogens with zero attached hydrogens (tertiary/aromatic N) is 1. The van der Waals surface area contributed by atoms with Crippen LogP contribution in [-0.4, -0.2) is 42.9 Å². The molecular weight excluding hydrogens is 397 g/mol. The number of carbonyl (C=O) groups is 2. The zero-order valence-corrected chi connectivity index (χ0v) is 17.1. The second-order valence-electron chi connectivity index (χ2n) is 6.62. The predicted octanol–water partition coefficient (Wildman–Crippen LogP) is 2.98. The van der Waals surface area contributed by atoms with Gasteiger partial charge in [-0.05, 0) is 23.3 Å². The van der Waals surface area contributed by atoms with Crippen molar-refractivity contribution in [2.75, 3.05) is 26.2 Å². The summed E-state index contributed by atoms with van der Waals surface area (Å²) in [5.74, 6) is -0.0258. The average molecular weight is 422 g/mol. The van der Waals surface area contributed by atoms with Crippen molar-refractivity contribution in [3.63, 3.8) is 0 Å². The van der Waals surface area contributed by atoms with Crippen LogP contribution < -0.4 is 10.6 Å². The van der Waals surface area contributed by atoms with Gasteiger partial charge in [-0.15, -0.1) is 12.4 Å².